The molecule has 1 aliphatic heterocycles. The van der Waals surface area contributed by atoms with Crippen LogP contribution in [0.25, 0.3) is 5.82 Å². The van der Waals surface area contributed by atoms with Gasteiger partial charge in [0.2, 0.25) is 0 Å². The first-order chi connectivity index (χ1) is 11.8. The van der Waals surface area contributed by atoms with Gasteiger partial charge in [0.1, 0.15) is 11.4 Å². The molecule has 7 nitrogen and oxygen atoms in total. The molecule has 1 atom stereocenters. The summed E-state index contributed by atoms with van der Waals surface area (Å²) in [5, 5.41) is 4.13. The number of pyridine rings is 1. The maximum atomic E-state index is 12.3. The van der Waals surface area contributed by atoms with Gasteiger partial charge >= 0.3 is 6.09 Å². The highest BCUT2D eigenvalue weighted by Crippen LogP contribution is 2.25. The van der Waals surface area contributed by atoms with Crippen molar-refractivity contribution in [2.24, 2.45) is 0 Å². The van der Waals surface area contributed by atoms with E-state index in [1.54, 1.807) is 28.2 Å². The van der Waals surface area contributed by atoms with E-state index in [9.17, 15) is 9.59 Å². The molecule has 0 aromatic carbocycles. The van der Waals surface area contributed by atoms with Gasteiger partial charge in [-0.25, -0.2) is 14.5 Å². The average molecular weight is 342 g/mol. The van der Waals surface area contributed by atoms with Crippen LogP contribution in [0.15, 0.2) is 36.8 Å². The number of carbonyl (C=O) groups is 2. The smallest absolute Gasteiger partial charge is 0.410 e. The first kappa shape index (κ1) is 17.1. The number of rotatable bonds is 2. The number of likely N-dealkylation sites (tertiary alicyclic amines) is 1. The highest BCUT2D eigenvalue weighted by molar-refractivity contribution is 5.88. The quantitative estimate of drug-likeness (QED) is 0.838. The Morgan fingerprint density at radius 3 is 2.72 bits per heavy atom. The zero-order chi connectivity index (χ0) is 18.0. The summed E-state index contributed by atoms with van der Waals surface area (Å²) >= 11 is 0. The lowest BCUT2D eigenvalue weighted by Gasteiger charge is -2.33. The van der Waals surface area contributed by atoms with Crippen LogP contribution in [0.2, 0.25) is 0 Å². The largest absolute Gasteiger partial charge is 0.444 e. The summed E-state index contributed by atoms with van der Waals surface area (Å²) in [6.07, 6.45) is 5.10. The maximum absolute atomic E-state index is 12.3. The van der Waals surface area contributed by atoms with E-state index >= 15 is 0 Å². The number of nitrogens with zero attached hydrogens (tertiary/aromatic N) is 4. The molecule has 1 aliphatic rings. The summed E-state index contributed by atoms with van der Waals surface area (Å²) in [5.41, 5.74) is 0.246. The fourth-order valence-electron chi connectivity index (χ4n) is 2.76. The molecule has 1 saturated heterocycles. The van der Waals surface area contributed by atoms with Crippen molar-refractivity contribution in [1.29, 1.82) is 0 Å². The standard InChI is InChI=1S/C18H22N4O3/c1-18(2,3)25-17(24)21-10-7-15(23)14(12-21)13-5-6-16(19-11-13)22-9-4-8-20-22/h4-6,8-9,11,14H,7,10,12H2,1-3H3. The Bertz CT molecular complexity index is 748. The molecule has 3 heterocycles. The van der Waals surface area contributed by atoms with Gasteiger partial charge in [0.05, 0.1) is 5.92 Å². The molecule has 0 aliphatic carbocycles. The minimum Gasteiger partial charge on any atom is -0.444 e. The van der Waals surface area contributed by atoms with Gasteiger partial charge in [-0.3, -0.25) is 4.79 Å². The van der Waals surface area contributed by atoms with E-state index in [-0.39, 0.29) is 17.8 Å². The van der Waals surface area contributed by atoms with Crippen LogP contribution in [-0.2, 0) is 9.53 Å². The Kier molecular flexibility index (Phi) is 4.57. The van der Waals surface area contributed by atoms with Crippen molar-refractivity contribution in [2.75, 3.05) is 13.1 Å². The number of ketones is 1. The molecule has 0 N–H and O–H groups in total. The molecule has 3 rings (SSSR count). The second-order valence-corrected chi connectivity index (χ2v) is 7.10. The zero-order valence-electron chi connectivity index (χ0n) is 14.7. The lowest BCUT2D eigenvalue weighted by Crippen LogP contribution is -2.45. The van der Waals surface area contributed by atoms with Crippen LogP contribution in [0.1, 0.15) is 38.7 Å². The summed E-state index contributed by atoms with van der Waals surface area (Å²) in [7, 11) is 0. The van der Waals surface area contributed by atoms with Gasteiger partial charge < -0.3 is 9.64 Å². The first-order valence-corrected chi connectivity index (χ1v) is 8.30. The van der Waals surface area contributed by atoms with Crippen LogP contribution in [-0.4, -0.2) is 50.2 Å². The molecule has 2 aromatic heterocycles. The summed E-state index contributed by atoms with van der Waals surface area (Å²) in [5.74, 6) is 0.426. The fourth-order valence-corrected chi connectivity index (χ4v) is 2.76. The number of carbonyl (C=O) groups excluding carboxylic acids is 2. The molecule has 0 bridgehead atoms. The third-order valence-corrected chi connectivity index (χ3v) is 3.98. The van der Waals surface area contributed by atoms with E-state index in [4.69, 9.17) is 4.74 Å². The third kappa shape index (κ3) is 4.04. The number of amides is 1. The van der Waals surface area contributed by atoms with Crippen LogP contribution in [0.3, 0.4) is 0 Å². The Morgan fingerprint density at radius 2 is 2.12 bits per heavy atom. The van der Waals surface area contributed by atoms with Gasteiger partial charge in [0.15, 0.2) is 5.82 Å². The summed E-state index contributed by atoms with van der Waals surface area (Å²) < 4.78 is 7.07. The zero-order valence-corrected chi connectivity index (χ0v) is 14.7. The summed E-state index contributed by atoms with van der Waals surface area (Å²) in [6, 6.07) is 5.51. The Labute approximate surface area is 146 Å². The Morgan fingerprint density at radius 1 is 1.32 bits per heavy atom. The lowest BCUT2D eigenvalue weighted by molar-refractivity contribution is -0.123. The van der Waals surface area contributed by atoms with E-state index in [1.165, 1.54) is 0 Å². The number of ether oxygens (including phenoxy) is 1. The van der Waals surface area contributed by atoms with E-state index < -0.39 is 5.60 Å². The molecule has 0 saturated carbocycles. The highest BCUT2D eigenvalue weighted by Gasteiger charge is 2.33. The van der Waals surface area contributed by atoms with Gasteiger partial charge in [-0.15, -0.1) is 0 Å². The molecule has 132 valence electrons. The van der Waals surface area contributed by atoms with Crippen molar-refractivity contribution >= 4 is 11.9 Å². The molecule has 7 heteroatoms. The van der Waals surface area contributed by atoms with Crippen molar-refractivity contribution in [3.8, 4) is 5.82 Å². The second-order valence-electron chi connectivity index (χ2n) is 7.10. The Hall–Kier alpha value is -2.70. The summed E-state index contributed by atoms with van der Waals surface area (Å²) in [4.78, 5) is 30.6. The van der Waals surface area contributed by atoms with Crippen LogP contribution in [0.5, 0.6) is 0 Å². The summed E-state index contributed by atoms with van der Waals surface area (Å²) in [6.45, 7) is 6.19. The van der Waals surface area contributed by atoms with Gasteiger partial charge in [-0.1, -0.05) is 6.07 Å². The third-order valence-electron chi connectivity index (χ3n) is 3.98. The molecule has 0 radical (unpaired) electrons. The SMILES string of the molecule is CC(C)(C)OC(=O)N1CCC(=O)C(c2ccc(-n3cccn3)nc2)C1. The van der Waals surface area contributed by atoms with Crippen LogP contribution in [0, 0.1) is 0 Å². The topological polar surface area (TPSA) is 77.3 Å². The van der Waals surface area contributed by atoms with Crippen molar-refractivity contribution in [3.63, 3.8) is 0 Å². The van der Waals surface area contributed by atoms with E-state index in [1.807, 2.05) is 39.0 Å². The predicted octanol–water partition coefficient (Wildman–Crippen LogP) is 2.56. The Balaban J connectivity index is 1.74. The van der Waals surface area contributed by atoms with E-state index in [2.05, 4.69) is 10.1 Å². The monoisotopic (exact) mass is 342 g/mol. The molecule has 1 unspecified atom stereocenters. The molecular formula is C18H22N4O3. The molecule has 1 fully saturated rings. The number of piperidine rings is 1. The van der Waals surface area contributed by atoms with Crippen LogP contribution in [0.4, 0.5) is 4.79 Å². The normalized spacial score (nSPS) is 18.3. The lowest BCUT2D eigenvalue weighted by atomic mass is 9.90. The van der Waals surface area contributed by atoms with Crippen molar-refractivity contribution in [1.82, 2.24) is 19.7 Å². The number of Topliss-reactive ketones (excluding diaryl/α,β-unsaturated/α-hetero) is 1. The fraction of sp³-hybridized carbons (Fsp3) is 0.444. The number of aromatic nitrogens is 3. The van der Waals surface area contributed by atoms with Crippen molar-refractivity contribution in [3.05, 3.63) is 42.4 Å². The van der Waals surface area contributed by atoms with Gasteiger partial charge in [-0.05, 0) is 38.5 Å². The van der Waals surface area contributed by atoms with Crippen LogP contribution < -0.4 is 0 Å². The van der Waals surface area contributed by atoms with Gasteiger partial charge in [0.25, 0.3) is 0 Å². The minimum atomic E-state index is -0.555. The highest BCUT2D eigenvalue weighted by atomic mass is 16.6. The predicted molar refractivity (Wildman–Crippen MR) is 91.5 cm³/mol. The van der Waals surface area contributed by atoms with E-state index in [0.29, 0.717) is 25.3 Å². The number of hydrogen-bond acceptors (Lipinski definition) is 5. The molecule has 1 amide bonds. The number of hydrogen-bond donors (Lipinski definition) is 0. The second kappa shape index (κ2) is 6.66. The molecule has 25 heavy (non-hydrogen) atoms. The maximum Gasteiger partial charge on any atom is 0.410 e. The molecular weight excluding hydrogens is 320 g/mol. The van der Waals surface area contributed by atoms with Crippen LogP contribution >= 0.6 is 0 Å². The molecule has 0 spiro atoms. The van der Waals surface area contributed by atoms with E-state index in [0.717, 1.165) is 5.56 Å². The minimum absolute atomic E-state index is 0.119. The van der Waals surface area contributed by atoms with Crippen molar-refractivity contribution < 1.29 is 14.3 Å². The average Bonchev–Trinajstić information content (AvgIpc) is 3.08. The van der Waals surface area contributed by atoms with Gasteiger partial charge in [0, 0.05) is 38.1 Å². The van der Waals surface area contributed by atoms with Gasteiger partial charge in [-0.2, -0.15) is 5.10 Å². The first-order valence-electron chi connectivity index (χ1n) is 8.30. The van der Waals surface area contributed by atoms with Crippen molar-refractivity contribution in [2.45, 2.75) is 38.7 Å². The molecule has 2 aromatic rings.